The van der Waals surface area contributed by atoms with Crippen LogP contribution in [-0.4, -0.2) is 11.0 Å². The highest BCUT2D eigenvalue weighted by Gasteiger charge is 1.99. The van der Waals surface area contributed by atoms with Gasteiger partial charge in [-0.05, 0) is 25.0 Å². The van der Waals surface area contributed by atoms with E-state index >= 15 is 0 Å². The van der Waals surface area contributed by atoms with E-state index in [2.05, 4.69) is 19.9 Å². The third-order valence-corrected chi connectivity index (χ3v) is 2.32. The Bertz CT molecular complexity index is 115. The molecule has 0 heterocycles. The van der Waals surface area contributed by atoms with Gasteiger partial charge < -0.3 is 0 Å². The van der Waals surface area contributed by atoms with Gasteiger partial charge in [0.1, 0.15) is 0 Å². The fourth-order valence-electron chi connectivity index (χ4n) is 0.518. The minimum absolute atomic E-state index is 0.166. The molecule has 0 aliphatic rings. The lowest BCUT2D eigenvalue weighted by atomic mass is 10.2. The van der Waals surface area contributed by atoms with Gasteiger partial charge in [0.15, 0.2) is 0 Å². The van der Waals surface area contributed by atoms with Crippen molar-refractivity contribution in [1.29, 1.82) is 5.26 Å². The van der Waals surface area contributed by atoms with Gasteiger partial charge in [0.2, 0.25) is 0 Å². The predicted molar refractivity (Wildman–Crippen MR) is 47.0 cm³/mol. The Hall–Kier alpha value is -0.160. The molecule has 2 heteroatoms. The van der Waals surface area contributed by atoms with Crippen LogP contribution in [0.25, 0.3) is 0 Å². The smallest absolute Gasteiger partial charge is 0.0888 e. The number of rotatable bonds is 4. The summed E-state index contributed by atoms with van der Waals surface area (Å²) in [6, 6.07) is 2.20. The van der Waals surface area contributed by atoms with E-state index in [0.717, 1.165) is 11.7 Å². The molecule has 0 rings (SSSR count). The van der Waals surface area contributed by atoms with Gasteiger partial charge in [-0.1, -0.05) is 13.8 Å². The normalized spacial score (nSPS) is 13.1. The highest BCUT2D eigenvalue weighted by atomic mass is 32.2. The molecule has 1 unspecified atom stereocenters. The minimum atomic E-state index is 0.166. The van der Waals surface area contributed by atoms with E-state index in [1.807, 2.05) is 6.92 Å². The molecule has 0 aromatic rings. The van der Waals surface area contributed by atoms with Gasteiger partial charge in [0, 0.05) is 0 Å². The summed E-state index contributed by atoms with van der Waals surface area (Å²) < 4.78 is 0. The fraction of sp³-hybridized carbons (Fsp3) is 0.875. The number of hydrogen-bond donors (Lipinski definition) is 0. The van der Waals surface area contributed by atoms with Crippen LogP contribution in [0.3, 0.4) is 0 Å². The predicted octanol–water partition coefficient (Wildman–Crippen LogP) is 2.68. The van der Waals surface area contributed by atoms with Gasteiger partial charge in [-0.2, -0.15) is 5.26 Å². The first-order valence-electron chi connectivity index (χ1n) is 3.68. The summed E-state index contributed by atoms with van der Waals surface area (Å²) >= 11 is 1.74. The number of thioether (sulfide) groups is 1. The van der Waals surface area contributed by atoms with Gasteiger partial charge in [-0.15, -0.1) is 11.8 Å². The third kappa shape index (κ3) is 5.97. The summed E-state index contributed by atoms with van der Waals surface area (Å²) in [5.74, 6) is 1.88. The Balaban J connectivity index is 3.13. The molecule has 0 fully saturated rings. The average Bonchev–Trinajstić information content (AvgIpc) is 1.87. The molecule has 0 spiro atoms. The SMILES string of the molecule is CC(C)CCSC(C)C#N. The van der Waals surface area contributed by atoms with Crippen molar-refractivity contribution < 1.29 is 0 Å². The highest BCUT2D eigenvalue weighted by molar-refractivity contribution is 8.00. The van der Waals surface area contributed by atoms with Crippen molar-refractivity contribution >= 4 is 11.8 Å². The minimum Gasteiger partial charge on any atom is -0.197 e. The molecule has 0 bridgehead atoms. The zero-order valence-electron chi connectivity index (χ0n) is 6.92. The quantitative estimate of drug-likeness (QED) is 0.626. The molecule has 1 atom stereocenters. The summed E-state index contributed by atoms with van der Waals surface area (Å²) in [5, 5.41) is 8.59. The summed E-state index contributed by atoms with van der Waals surface area (Å²) in [5.41, 5.74) is 0. The second kappa shape index (κ2) is 5.61. The molecule has 0 amide bonds. The summed E-state index contributed by atoms with van der Waals surface area (Å²) in [6.07, 6.45) is 1.22. The van der Waals surface area contributed by atoms with Crippen LogP contribution < -0.4 is 0 Å². The second-order valence-electron chi connectivity index (χ2n) is 2.82. The third-order valence-electron chi connectivity index (χ3n) is 1.24. The van der Waals surface area contributed by atoms with E-state index in [4.69, 9.17) is 5.26 Å². The van der Waals surface area contributed by atoms with Crippen LogP contribution in [0.1, 0.15) is 27.2 Å². The molecule has 0 aliphatic heterocycles. The maximum atomic E-state index is 8.43. The molecular formula is C8H15NS. The van der Waals surface area contributed by atoms with Crippen LogP contribution in [-0.2, 0) is 0 Å². The topological polar surface area (TPSA) is 23.8 Å². The molecular weight excluding hydrogens is 142 g/mol. The Morgan fingerprint density at radius 1 is 1.40 bits per heavy atom. The van der Waals surface area contributed by atoms with Crippen molar-refractivity contribution in [3.63, 3.8) is 0 Å². The van der Waals surface area contributed by atoms with Crippen LogP contribution in [0.15, 0.2) is 0 Å². The Morgan fingerprint density at radius 2 is 2.00 bits per heavy atom. The van der Waals surface area contributed by atoms with Crippen molar-refractivity contribution in [2.24, 2.45) is 5.92 Å². The number of hydrogen-bond acceptors (Lipinski definition) is 2. The number of nitriles is 1. The molecule has 0 N–H and O–H groups in total. The zero-order valence-corrected chi connectivity index (χ0v) is 7.74. The van der Waals surface area contributed by atoms with Crippen LogP contribution >= 0.6 is 11.8 Å². The average molecular weight is 157 g/mol. The van der Waals surface area contributed by atoms with Gasteiger partial charge in [0.05, 0.1) is 11.3 Å². The first-order chi connectivity index (χ1) is 4.66. The lowest BCUT2D eigenvalue weighted by molar-refractivity contribution is 0.632. The monoisotopic (exact) mass is 157 g/mol. The van der Waals surface area contributed by atoms with E-state index in [-0.39, 0.29) is 5.25 Å². The summed E-state index contributed by atoms with van der Waals surface area (Å²) in [7, 11) is 0. The van der Waals surface area contributed by atoms with Crippen LogP contribution in [0.5, 0.6) is 0 Å². The lowest BCUT2D eigenvalue weighted by Crippen LogP contribution is -1.95. The Labute approximate surface area is 67.8 Å². The molecule has 58 valence electrons. The fourth-order valence-corrected chi connectivity index (χ4v) is 1.55. The second-order valence-corrected chi connectivity index (χ2v) is 4.27. The zero-order chi connectivity index (χ0) is 7.98. The molecule has 0 aliphatic carbocycles. The first kappa shape index (κ1) is 9.84. The largest absolute Gasteiger partial charge is 0.197 e. The van der Waals surface area contributed by atoms with Gasteiger partial charge in [0.25, 0.3) is 0 Å². The number of nitrogens with zero attached hydrogens (tertiary/aromatic N) is 1. The standard InChI is InChI=1S/C8H15NS/c1-7(2)4-5-10-8(3)6-9/h7-8H,4-5H2,1-3H3. The van der Waals surface area contributed by atoms with E-state index in [0.29, 0.717) is 0 Å². The van der Waals surface area contributed by atoms with Crippen molar-refractivity contribution in [1.82, 2.24) is 0 Å². The van der Waals surface area contributed by atoms with Gasteiger partial charge >= 0.3 is 0 Å². The van der Waals surface area contributed by atoms with Gasteiger partial charge in [-0.25, -0.2) is 0 Å². The Morgan fingerprint density at radius 3 is 2.40 bits per heavy atom. The molecule has 0 radical (unpaired) electrons. The first-order valence-corrected chi connectivity index (χ1v) is 4.73. The van der Waals surface area contributed by atoms with Crippen LogP contribution in [0, 0.1) is 17.2 Å². The van der Waals surface area contributed by atoms with Gasteiger partial charge in [-0.3, -0.25) is 0 Å². The van der Waals surface area contributed by atoms with E-state index in [1.165, 1.54) is 6.42 Å². The molecule has 0 aromatic heterocycles. The van der Waals surface area contributed by atoms with E-state index in [1.54, 1.807) is 11.8 Å². The van der Waals surface area contributed by atoms with Crippen molar-refractivity contribution in [3.05, 3.63) is 0 Å². The van der Waals surface area contributed by atoms with Crippen LogP contribution in [0.4, 0.5) is 0 Å². The highest BCUT2D eigenvalue weighted by Crippen LogP contribution is 2.13. The molecule has 1 nitrogen and oxygen atoms in total. The van der Waals surface area contributed by atoms with Crippen molar-refractivity contribution in [3.8, 4) is 6.07 Å². The lowest BCUT2D eigenvalue weighted by Gasteiger charge is -2.04. The maximum Gasteiger partial charge on any atom is 0.0888 e. The van der Waals surface area contributed by atoms with E-state index < -0.39 is 0 Å². The van der Waals surface area contributed by atoms with E-state index in [9.17, 15) is 0 Å². The maximum absolute atomic E-state index is 8.43. The van der Waals surface area contributed by atoms with Crippen molar-refractivity contribution in [2.45, 2.75) is 32.4 Å². The summed E-state index contributed by atoms with van der Waals surface area (Å²) in [4.78, 5) is 0. The van der Waals surface area contributed by atoms with Crippen LogP contribution in [0.2, 0.25) is 0 Å². The molecule has 0 aromatic carbocycles. The molecule has 0 saturated carbocycles. The molecule has 10 heavy (non-hydrogen) atoms. The summed E-state index contributed by atoms with van der Waals surface area (Å²) in [6.45, 7) is 6.36. The van der Waals surface area contributed by atoms with Crippen molar-refractivity contribution in [2.75, 3.05) is 5.75 Å². The Kier molecular flexibility index (Phi) is 5.52. The molecule has 0 saturated heterocycles.